The van der Waals surface area contributed by atoms with Crippen molar-refractivity contribution in [2.45, 2.75) is 26.2 Å². The summed E-state index contributed by atoms with van der Waals surface area (Å²) in [7, 11) is -3.54. The van der Waals surface area contributed by atoms with Gasteiger partial charge in [-0.3, -0.25) is 4.72 Å². The van der Waals surface area contributed by atoms with E-state index in [2.05, 4.69) is 17.7 Å². The van der Waals surface area contributed by atoms with Gasteiger partial charge in [0, 0.05) is 4.88 Å². The summed E-state index contributed by atoms with van der Waals surface area (Å²) in [6.45, 7) is 2.16. The molecule has 0 amide bonds. The second-order valence-corrected chi connectivity index (χ2v) is 7.91. The van der Waals surface area contributed by atoms with Crippen molar-refractivity contribution in [3.63, 3.8) is 0 Å². The summed E-state index contributed by atoms with van der Waals surface area (Å²) in [5, 5.41) is 9.10. The molecule has 1 heterocycles. The largest absolute Gasteiger partial charge is 0.272 e. The Kier molecular flexibility index (Phi) is 3.85. The van der Waals surface area contributed by atoms with Crippen molar-refractivity contribution >= 4 is 38.0 Å². The first-order chi connectivity index (χ1) is 8.46. The van der Waals surface area contributed by atoms with Crippen LogP contribution in [0.25, 0.3) is 0 Å². The number of hydrogen-bond donors (Lipinski definition) is 1. The molecule has 1 unspecified atom stereocenters. The fourth-order valence-electron chi connectivity index (χ4n) is 2.11. The smallest absolute Gasteiger partial charge is 0.247 e. The average molecular weight is 305 g/mol. The Morgan fingerprint density at radius 3 is 2.94 bits per heavy atom. The third-order valence-electron chi connectivity index (χ3n) is 3.02. The SMILES string of the molecule is CC1CCc2c(sc(NS(=O)(=O)CCl)c2C#N)C1. The van der Waals surface area contributed by atoms with Gasteiger partial charge < -0.3 is 0 Å². The molecule has 1 N–H and O–H groups in total. The number of nitriles is 1. The van der Waals surface area contributed by atoms with E-state index in [1.165, 1.54) is 11.3 Å². The molecule has 1 aromatic rings. The Labute approximate surface area is 116 Å². The molecule has 1 aliphatic rings. The van der Waals surface area contributed by atoms with Crippen molar-refractivity contribution in [1.29, 1.82) is 5.26 Å². The van der Waals surface area contributed by atoms with E-state index in [-0.39, 0.29) is 0 Å². The molecule has 0 radical (unpaired) electrons. The van der Waals surface area contributed by atoms with Gasteiger partial charge in [-0.15, -0.1) is 22.9 Å². The number of hydrogen-bond acceptors (Lipinski definition) is 4. The summed E-state index contributed by atoms with van der Waals surface area (Å²) in [6.07, 6.45) is 2.80. The van der Waals surface area contributed by atoms with Crippen LogP contribution >= 0.6 is 22.9 Å². The van der Waals surface area contributed by atoms with E-state index in [9.17, 15) is 13.7 Å². The summed E-state index contributed by atoms with van der Waals surface area (Å²) in [6, 6.07) is 2.11. The van der Waals surface area contributed by atoms with Gasteiger partial charge in [-0.05, 0) is 30.7 Å². The fraction of sp³-hybridized carbons (Fsp3) is 0.545. The van der Waals surface area contributed by atoms with Crippen LogP contribution in [0, 0.1) is 17.2 Å². The van der Waals surface area contributed by atoms with E-state index in [1.807, 2.05) is 0 Å². The molecule has 0 spiro atoms. The molecule has 0 fully saturated rings. The molecule has 7 heteroatoms. The lowest BCUT2D eigenvalue weighted by Crippen LogP contribution is -2.13. The maximum atomic E-state index is 11.5. The van der Waals surface area contributed by atoms with Gasteiger partial charge in [0.25, 0.3) is 0 Å². The van der Waals surface area contributed by atoms with Crippen molar-refractivity contribution in [1.82, 2.24) is 0 Å². The highest BCUT2D eigenvalue weighted by Gasteiger charge is 2.25. The Bertz CT molecular complexity index is 601. The molecule has 1 atom stereocenters. The normalized spacial score (nSPS) is 19.1. The van der Waals surface area contributed by atoms with Crippen LogP contribution < -0.4 is 4.72 Å². The number of nitrogens with one attached hydrogen (secondary N) is 1. The lowest BCUT2D eigenvalue weighted by Gasteiger charge is -2.17. The van der Waals surface area contributed by atoms with E-state index < -0.39 is 15.2 Å². The van der Waals surface area contributed by atoms with Crippen LogP contribution in [0.4, 0.5) is 5.00 Å². The second-order valence-electron chi connectivity index (χ2n) is 4.49. The van der Waals surface area contributed by atoms with Crippen LogP contribution in [-0.2, 0) is 22.9 Å². The molecule has 0 saturated carbocycles. The molecule has 4 nitrogen and oxygen atoms in total. The van der Waals surface area contributed by atoms with Gasteiger partial charge in [-0.2, -0.15) is 5.26 Å². The van der Waals surface area contributed by atoms with Crippen LogP contribution in [0.3, 0.4) is 0 Å². The van der Waals surface area contributed by atoms with E-state index in [0.717, 1.165) is 29.7 Å². The molecule has 98 valence electrons. The van der Waals surface area contributed by atoms with E-state index in [0.29, 0.717) is 16.5 Å². The van der Waals surface area contributed by atoms with Crippen molar-refractivity contribution < 1.29 is 8.42 Å². The predicted molar refractivity (Wildman–Crippen MR) is 73.5 cm³/mol. The van der Waals surface area contributed by atoms with E-state index >= 15 is 0 Å². The third-order valence-corrected chi connectivity index (χ3v) is 5.98. The molecule has 0 saturated heterocycles. The molecule has 1 aromatic heterocycles. The number of halogens is 1. The van der Waals surface area contributed by atoms with Gasteiger partial charge in [0.05, 0.1) is 5.56 Å². The fourth-order valence-corrected chi connectivity index (χ4v) is 4.47. The highest BCUT2D eigenvalue weighted by molar-refractivity contribution is 7.94. The van der Waals surface area contributed by atoms with E-state index in [4.69, 9.17) is 11.6 Å². The summed E-state index contributed by atoms with van der Waals surface area (Å²) >= 11 is 6.72. The Balaban J connectivity index is 2.41. The zero-order valence-corrected chi connectivity index (χ0v) is 12.3. The number of alkyl halides is 1. The molecular formula is C11H13ClN2O2S2. The number of thiophene rings is 1. The first-order valence-corrected chi connectivity index (χ1v) is 8.58. The Morgan fingerprint density at radius 2 is 2.33 bits per heavy atom. The number of anilines is 1. The summed E-state index contributed by atoms with van der Waals surface area (Å²) in [5.74, 6) is 0.583. The quantitative estimate of drug-likeness (QED) is 0.873. The minimum absolute atomic E-state index is 0.414. The monoisotopic (exact) mass is 304 g/mol. The molecule has 0 bridgehead atoms. The van der Waals surface area contributed by atoms with Gasteiger partial charge in [0.2, 0.25) is 10.0 Å². The van der Waals surface area contributed by atoms with Crippen LogP contribution in [0.5, 0.6) is 0 Å². The standard InChI is InChI=1S/C11H13ClN2O2S2/c1-7-2-3-8-9(5-13)11(17-10(8)4-7)14-18(15,16)6-12/h7,14H,2-4,6H2,1H3. The van der Waals surface area contributed by atoms with Crippen molar-refractivity contribution in [2.24, 2.45) is 5.92 Å². The molecule has 1 aliphatic carbocycles. The topological polar surface area (TPSA) is 70.0 Å². The predicted octanol–water partition coefficient (Wildman–Crippen LogP) is 2.68. The van der Waals surface area contributed by atoms with Crippen molar-refractivity contribution in [3.05, 3.63) is 16.0 Å². The number of fused-ring (bicyclic) bond motifs is 1. The molecule has 2 rings (SSSR count). The van der Waals surface area contributed by atoms with Gasteiger partial charge in [0.15, 0.2) is 0 Å². The van der Waals surface area contributed by atoms with Crippen molar-refractivity contribution in [2.75, 3.05) is 9.93 Å². The van der Waals surface area contributed by atoms with Gasteiger partial charge >= 0.3 is 0 Å². The van der Waals surface area contributed by atoms with Crippen LogP contribution in [0.2, 0.25) is 0 Å². The summed E-state index contributed by atoms with van der Waals surface area (Å²) < 4.78 is 25.3. The first-order valence-electron chi connectivity index (χ1n) is 5.58. The lowest BCUT2D eigenvalue weighted by atomic mass is 9.89. The summed E-state index contributed by atoms with van der Waals surface area (Å²) in [5.41, 5.74) is 1.48. The average Bonchev–Trinajstić information content (AvgIpc) is 2.64. The van der Waals surface area contributed by atoms with E-state index in [1.54, 1.807) is 0 Å². The third kappa shape index (κ3) is 2.63. The van der Waals surface area contributed by atoms with Crippen molar-refractivity contribution in [3.8, 4) is 6.07 Å². The Morgan fingerprint density at radius 1 is 1.61 bits per heavy atom. The van der Waals surface area contributed by atoms with Gasteiger partial charge in [-0.1, -0.05) is 6.92 Å². The molecular weight excluding hydrogens is 292 g/mol. The second kappa shape index (κ2) is 5.08. The van der Waals surface area contributed by atoms with Crippen LogP contribution in [0.15, 0.2) is 0 Å². The summed E-state index contributed by atoms with van der Waals surface area (Å²) in [4.78, 5) is 1.12. The Hall–Kier alpha value is -0.770. The molecule has 0 aromatic carbocycles. The first kappa shape index (κ1) is 13.7. The minimum atomic E-state index is -3.54. The lowest BCUT2D eigenvalue weighted by molar-refractivity contribution is 0.507. The zero-order valence-electron chi connectivity index (χ0n) is 9.86. The molecule has 18 heavy (non-hydrogen) atoms. The van der Waals surface area contributed by atoms with Gasteiger partial charge in [-0.25, -0.2) is 8.42 Å². The van der Waals surface area contributed by atoms with Gasteiger partial charge in [0.1, 0.15) is 16.3 Å². The highest BCUT2D eigenvalue weighted by Crippen LogP contribution is 2.39. The van der Waals surface area contributed by atoms with Crippen LogP contribution in [-0.4, -0.2) is 13.6 Å². The number of nitrogens with zero attached hydrogens (tertiary/aromatic N) is 1. The maximum absolute atomic E-state index is 11.5. The number of sulfonamides is 1. The zero-order chi connectivity index (χ0) is 13.3. The van der Waals surface area contributed by atoms with Crippen LogP contribution in [0.1, 0.15) is 29.3 Å². The highest BCUT2D eigenvalue weighted by atomic mass is 35.5. The number of rotatable bonds is 3. The molecule has 0 aliphatic heterocycles. The minimum Gasteiger partial charge on any atom is -0.272 e. The maximum Gasteiger partial charge on any atom is 0.247 e.